The third-order valence-electron chi connectivity index (χ3n) is 2.85. The van der Waals surface area contributed by atoms with E-state index in [1.165, 1.54) is 5.56 Å². The Hall–Kier alpha value is -0.870. The van der Waals surface area contributed by atoms with E-state index in [2.05, 4.69) is 35.9 Å². The number of carbonyl (C=O) groups excluding carboxylic acids is 1. The van der Waals surface area contributed by atoms with E-state index in [1.807, 2.05) is 5.38 Å². The number of nitrogens with one attached hydrogen (secondary N) is 2. The van der Waals surface area contributed by atoms with E-state index in [-0.39, 0.29) is 18.0 Å². The van der Waals surface area contributed by atoms with Crippen molar-refractivity contribution >= 4 is 17.2 Å². The van der Waals surface area contributed by atoms with Crippen molar-refractivity contribution in [3.8, 4) is 0 Å². The van der Waals surface area contributed by atoms with Crippen molar-refractivity contribution in [1.29, 1.82) is 0 Å². The molecular formula is C12H18N2OS. The predicted octanol–water partition coefficient (Wildman–Crippen LogP) is 1.92. The summed E-state index contributed by atoms with van der Waals surface area (Å²) in [4.78, 5) is 11.9. The summed E-state index contributed by atoms with van der Waals surface area (Å²) in [5.41, 5.74) is 1.20. The molecule has 2 atom stereocenters. The highest BCUT2D eigenvalue weighted by atomic mass is 32.1. The molecule has 16 heavy (non-hydrogen) atoms. The van der Waals surface area contributed by atoms with Crippen LogP contribution in [0.1, 0.15) is 31.9 Å². The van der Waals surface area contributed by atoms with E-state index < -0.39 is 0 Å². The van der Waals surface area contributed by atoms with Crippen molar-refractivity contribution < 1.29 is 4.79 Å². The third kappa shape index (κ3) is 2.62. The Morgan fingerprint density at radius 1 is 1.56 bits per heavy atom. The van der Waals surface area contributed by atoms with Gasteiger partial charge in [0, 0.05) is 6.54 Å². The largest absolute Gasteiger partial charge is 0.347 e. The quantitative estimate of drug-likeness (QED) is 0.844. The number of hydrogen-bond donors (Lipinski definition) is 2. The lowest BCUT2D eigenvalue weighted by Crippen LogP contribution is -2.54. The molecule has 2 rings (SSSR count). The van der Waals surface area contributed by atoms with Crippen molar-refractivity contribution in [2.75, 3.05) is 6.54 Å². The van der Waals surface area contributed by atoms with Crippen LogP contribution in [0.2, 0.25) is 0 Å². The highest BCUT2D eigenvalue weighted by molar-refractivity contribution is 7.07. The van der Waals surface area contributed by atoms with Gasteiger partial charge in [0.05, 0.1) is 12.1 Å². The first kappa shape index (κ1) is 11.6. The Labute approximate surface area is 100 Å². The zero-order valence-corrected chi connectivity index (χ0v) is 10.5. The van der Waals surface area contributed by atoms with Gasteiger partial charge in [0.2, 0.25) is 5.91 Å². The average Bonchev–Trinajstić information content (AvgIpc) is 2.73. The van der Waals surface area contributed by atoms with Crippen LogP contribution >= 0.6 is 11.3 Å². The van der Waals surface area contributed by atoms with E-state index in [9.17, 15) is 4.79 Å². The average molecular weight is 238 g/mol. The first-order valence-corrected chi connectivity index (χ1v) is 6.67. The summed E-state index contributed by atoms with van der Waals surface area (Å²) in [7, 11) is 0. The number of rotatable bonds is 3. The molecule has 2 N–H and O–H groups in total. The molecular weight excluding hydrogens is 220 g/mol. The Morgan fingerprint density at radius 3 is 2.94 bits per heavy atom. The molecule has 1 aromatic rings. The summed E-state index contributed by atoms with van der Waals surface area (Å²) < 4.78 is 0. The van der Waals surface area contributed by atoms with Crippen LogP contribution in [0.25, 0.3) is 0 Å². The second-order valence-corrected chi connectivity index (χ2v) is 5.49. The minimum absolute atomic E-state index is 0.0186. The monoisotopic (exact) mass is 238 g/mol. The maximum atomic E-state index is 11.9. The molecule has 0 unspecified atom stereocenters. The van der Waals surface area contributed by atoms with Gasteiger partial charge in [0.25, 0.3) is 0 Å². The van der Waals surface area contributed by atoms with Gasteiger partial charge in [-0.1, -0.05) is 13.8 Å². The second-order valence-electron chi connectivity index (χ2n) is 4.71. The molecule has 3 nitrogen and oxygen atoms in total. The van der Waals surface area contributed by atoms with E-state index in [0.29, 0.717) is 5.92 Å². The maximum absolute atomic E-state index is 11.9. The zero-order valence-electron chi connectivity index (χ0n) is 9.69. The number of piperazine rings is 1. The van der Waals surface area contributed by atoms with Gasteiger partial charge in [-0.3, -0.25) is 4.79 Å². The summed E-state index contributed by atoms with van der Waals surface area (Å²) in [6.45, 7) is 5.11. The Morgan fingerprint density at radius 2 is 2.38 bits per heavy atom. The summed E-state index contributed by atoms with van der Waals surface area (Å²) in [5.74, 6) is 0.678. The molecule has 0 aliphatic carbocycles. The van der Waals surface area contributed by atoms with Gasteiger partial charge in [-0.05, 0) is 34.7 Å². The van der Waals surface area contributed by atoms with Gasteiger partial charge < -0.3 is 10.6 Å². The Bertz CT molecular complexity index is 348. The molecule has 0 saturated carbocycles. The molecule has 1 aromatic heterocycles. The highest BCUT2D eigenvalue weighted by Crippen LogP contribution is 2.19. The Balaban J connectivity index is 1.95. The molecule has 1 amide bonds. The van der Waals surface area contributed by atoms with Crippen LogP contribution in [0.5, 0.6) is 0 Å². The number of thiophene rings is 1. The normalized spacial score (nSPS) is 25.8. The van der Waals surface area contributed by atoms with Crippen LogP contribution in [0.15, 0.2) is 16.8 Å². The van der Waals surface area contributed by atoms with E-state index in [4.69, 9.17) is 0 Å². The molecule has 4 heteroatoms. The van der Waals surface area contributed by atoms with E-state index >= 15 is 0 Å². The summed E-state index contributed by atoms with van der Waals surface area (Å²) >= 11 is 1.67. The molecule has 1 aliphatic heterocycles. The molecule has 1 fully saturated rings. The zero-order chi connectivity index (χ0) is 11.5. The molecule has 2 heterocycles. The third-order valence-corrected chi connectivity index (χ3v) is 3.56. The van der Waals surface area contributed by atoms with Crippen molar-refractivity contribution in [3.63, 3.8) is 0 Å². The summed E-state index contributed by atoms with van der Waals surface area (Å²) in [5, 5.41) is 10.5. The van der Waals surface area contributed by atoms with Crippen molar-refractivity contribution in [2.45, 2.75) is 32.4 Å². The summed E-state index contributed by atoms with van der Waals surface area (Å²) in [6.07, 6.45) is 0.905. The fourth-order valence-corrected chi connectivity index (χ4v) is 2.73. The first-order chi connectivity index (χ1) is 7.66. The molecule has 0 radical (unpaired) electrons. The van der Waals surface area contributed by atoms with E-state index in [0.717, 1.165) is 13.0 Å². The van der Waals surface area contributed by atoms with Crippen LogP contribution in [-0.2, 0) is 4.79 Å². The number of hydrogen-bond acceptors (Lipinski definition) is 3. The van der Waals surface area contributed by atoms with Crippen LogP contribution < -0.4 is 10.6 Å². The lowest BCUT2D eigenvalue weighted by atomic mass is 9.99. The Kier molecular flexibility index (Phi) is 3.61. The van der Waals surface area contributed by atoms with Gasteiger partial charge in [0.1, 0.15) is 0 Å². The minimum atomic E-state index is -0.0186. The second kappa shape index (κ2) is 4.97. The number of amides is 1. The first-order valence-electron chi connectivity index (χ1n) is 5.72. The lowest BCUT2D eigenvalue weighted by molar-refractivity contribution is -0.125. The molecule has 0 spiro atoms. The molecule has 0 bridgehead atoms. The van der Waals surface area contributed by atoms with Crippen molar-refractivity contribution in [1.82, 2.24) is 10.6 Å². The minimum Gasteiger partial charge on any atom is -0.347 e. The molecule has 1 aliphatic rings. The highest BCUT2D eigenvalue weighted by Gasteiger charge is 2.28. The SMILES string of the molecule is CC(C)C[C@@H]1NC[C@H](c2ccsc2)NC1=O. The molecule has 0 aromatic carbocycles. The molecule has 1 saturated heterocycles. The fraction of sp³-hybridized carbons (Fsp3) is 0.583. The van der Waals surface area contributed by atoms with Crippen molar-refractivity contribution in [3.05, 3.63) is 22.4 Å². The standard InChI is InChI=1S/C12H18N2OS/c1-8(2)5-10-12(15)14-11(6-13-10)9-3-4-16-7-9/h3-4,7-8,10-11,13H,5-6H2,1-2H3,(H,14,15)/t10-,11+/m0/s1. The smallest absolute Gasteiger partial charge is 0.237 e. The topological polar surface area (TPSA) is 41.1 Å². The maximum Gasteiger partial charge on any atom is 0.237 e. The van der Waals surface area contributed by atoms with Gasteiger partial charge in [-0.2, -0.15) is 11.3 Å². The predicted molar refractivity (Wildman–Crippen MR) is 66.4 cm³/mol. The lowest BCUT2D eigenvalue weighted by Gasteiger charge is -2.31. The van der Waals surface area contributed by atoms with Gasteiger partial charge >= 0.3 is 0 Å². The fourth-order valence-electron chi connectivity index (χ4n) is 2.01. The van der Waals surface area contributed by atoms with Crippen LogP contribution in [-0.4, -0.2) is 18.5 Å². The van der Waals surface area contributed by atoms with Crippen LogP contribution in [0, 0.1) is 5.92 Å². The van der Waals surface area contributed by atoms with Crippen LogP contribution in [0.4, 0.5) is 0 Å². The number of carbonyl (C=O) groups is 1. The van der Waals surface area contributed by atoms with Gasteiger partial charge in [-0.15, -0.1) is 0 Å². The molecule has 88 valence electrons. The van der Waals surface area contributed by atoms with Gasteiger partial charge in [-0.25, -0.2) is 0 Å². The van der Waals surface area contributed by atoms with Crippen molar-refractivity contribution in [2.24, 2.45) is 5.92 Å². The summed E-state index contributed by atoms with van der Waals surface area (Å²) in [6, 6.07) is 2.19. The van der Waals surface area contributed by atoms with Crippen LogP contribution in [0.3, 0.4) is 0 Å². The van der Waals surface area contributed by atoms with Gasteiger partial charge in [0.15, 0.2) is 0 Å². The van der Waals surface area contributed by atoms with E-state index in [1.54, 1.807) is 11.3 Å².